The second kappa shape index (κ2) is 5.61. The maximum Gasteiger partial charge on any atom is 0.235 e. The third kappa shape index (κ3) is 3.69. The number of isocyanates is 1. The number of rotatable bonds is 5. The second-order valence-corrected chi connectivity index (χ2v) is 5.56. The summed E-state index contributed by atoms with van der Waals surface area (Å²) in [4.78, 5) is 13.6. The molecule has 0 aliphatic rings. The first-order chi connectivity index (χ1) is 7.99. The quantitative estimate of drug-likeness (QED) is 0.585. The Morgan fingerprint density at radius 1 is 1.35 bits per heavy atom. The molecule has 0 aromatic heterocycles. The molecule has 1 aromatic rings. The number of carbonyl (C=O) groups excluding carboxylic acids is 1. The summed E-state index contributed by atoms with van der Waals surface area (Å²) in [5, 5.41) is 0. The maximum absolute atomic E-state index is 11.9. The van der Waals surface area contributed by atoms with E-state index in [1.165, 1.54) is 25.3 Å². The summed E-state index contributed by atoms with van der Waals surface area (Å²) in [5.74, 6) is 0.372. The number of hydrogen-bond acceptors (Lipinski definition) is 5. The normalized spacial score (nSPS) is 12.6. The van der Waals surface area contributed by atoms with Crippen molar-refractivity contribution in [2.75, 3.05) is 12.9 Å². The van der Waals surface area contributed by atoms with E-state index in [9.17, 15) is 13.2 Å². The molecule has 1 aromatic carbocycles. The largest absolute Gasteiger partial charge is 0.497 e. The fourth-order valence-corrected chi connectivity index (χ4v) is 2.78. The van der Waals surface area contributed by atoms with Gasteiger partial charge in [0.25, 0.3) is 0 Å². The Hall–Kier alpha value is -1.65. The van der Waals surface area contributed by atoms with Gasteiger partial charge in [-0.2, -0.15) is 0 Å². The van der Waals surface area contributed by atoms with E-state index in [2.05, 4.69) is 4.99 Å². The van der Waals surface area contributed by atoms with Gasteiger partial charge in [-0.25, -0.2) is 18.2 Å². The molecule has 0 saturated carbocycles. The molecule has 1 unspecified atom stereocenters. The molecule has 17 heavy (non-hydrogen) atoms. The standard InChI is InChI=1S/C11H13NO4S/c1-9(12-8-13)7-17(14,15)11-5-3-10(16-2)4-6-11/h3-6,9H,7H2,1-2H3. The highest BCUT2D eigenvalue weighted by Crippen LogP contribution is 2.17. The predicted molar refractivity (Wildman–Crippen MR) is 62.6 cm³/mol. The van der Waals surface area contributed by atoms with Crippen LogP contribution in [0.15, 0.2) is 34.2 Å². The predicted octanol–water partition coefficient (Wildman–Crippen LogP) is 1.19. The van der Waals surface area contributed by atoms with Gasteiger partial charge < -0.3 is 4.74 Å². The summed E-state index contributed by atoms with van der Waals surface area (Å²) in [5.41, 5.74) is 0. The van der Waals surface area contributed by atoms with Crippen molar-refractivity contribution < 1.29 is 17.9 Å². The molecule has 0 radical (unpaired) electrons. The number of methoxy groups -OCH3 is 1. The van der Waals surface area contributed by atoms with Crippen molar-refractivity contribution in [3.05, 3.63) is 24.3 Å². The highest BCUT2D eigenvalue weighted by Gasteiger charge is 2.18. The van der Waals surface area contributed by atoms with Crippen molar-refractivity contribution in [2.24, 2.45) is 4.99 Å². The van der Waals surface area contributed by atoms with Crippen LogP contribution in [0, 0.1) is 0 Å². The lowest BCUT2D eigenvalue weighted by Gasteiger charge is -2.07. The monoisotopic (exact) mass is 255 g/mol. The number of nitrogens with zero attached hydrogens (tertiary/aromatic N) is 1. The van der Waals surface area contributed by atoms with Gasteiger partial charge in [-0.3, -0.25) is 0 Å². The summed E-state index contributed by atoms with van der Waals surface area (Å²) in [6.45, 7) is 1.55. The molecule has 0 aliphatic heterocycles. The van der Waals surface area contributed by atoms with Crippen LogP contribution in [-0.2, 0) is 14.6 Å². The van der Waals surface area contributed by atoms with Crippen molar-refractivity contribution in [2.45, 2.75) is 17.9 Å². The molecular weight excluding hydrogens is 242 g/mol. The van der Waals surface area contributed by atoms with Crippen LogP contribution in [0.3, 0.4) is 0 Å². The summed E-state index contributed by atoms with van der Waals surface area (Å²) < 4.78 is 28.7. The van der Waals surface area contributed by atoms with Gasteiger partial charge in [0.1, 0.15) is 5.75 Å². The zero-order valence-corrected chi connectivity index (χ0v) is 10.4. The third-order valence-corrected chi connectivity index (χ3v) is 4.06. The van der Waals surface area contributed by atoms with Crippen LogP contribution in [0.1, 0.15) is 6.92 Å². The Morgan fingerprint density at radius 2 is 1.94 bits per heavy atom. The van der Waals surface area contributed by atoms with Crippen LogP contribution in [-0.4, -0.2) is 33.4 Å². The fourth-order valence-electron chi connectivity index (χ4n) is 1.32. The topological polar surface area (TPSA) is 72.8 Å². The van der Waals surface area contributed by atoms with Crippen LogP contribution in [0.2, 0.25) is 0 Å². The van der Waals surface area contributed by atoms with Crippen molar-refractivity contribution in [3.8, 4) is 5.75 Å². The lowest BCUT2D eigenvalue weighted by atomic mass is 10.3. The smallest absolute Gasteiger partial charge is 0.235 e. The first kappa shape index (κ1) is 13.4. The molecule has 0 N–H and O–H groups in total. The fraction of sp³-hybridized carbons (Fsp3) is 0.364. The number of hydrogen-bond donors (Lipinski definition) is 0. The Bertz CT molecular complexity index is 515. The Kier molecular flexibility index (Phi) is 4.43. The van der Waals surface area contributed by atoms with E-state index in [1.54, 1.807) is 19.1 Å². The average Bonchev–Trinajstić information content (AvgIpc) is 2.28. The van der Waals surface area contributed by atoms with E-state index in [1.807, 2.05) is 0 Å². The van der Waals surface area contributed by atoms with E-state index in [-0.39, 0.29) is 10.6 Å². The van der Waals surface area contributed by atoms with Crippen molar-refractivity contribution in [1.29, 1.82) is 0 Å². The zero-order valence-electron chi connectivity index (χ0n) is 9.58. The molecule has 0 bridgehead atoms. The van der Waals surface area contributed by atoms with E-state index >= 15 is 0 Å². The van der Waals surface area contributed by atoms with E-state index < -0.39 is 15.9 Å². The summed E-state index contributed by atoms with van der Waals surface area (Å²) in [6.07, 6.45) is 1.35. The van der Waals surface area contributed by atoms with Gasteiger partial charge in [-0.15, -0.1) is 0 Å². The van der Waals surface area contributed by atoms with Crippen LogP contribution in [0.5, 0.6) is 5.75 Å². The van der Waals surface area contributed by atoms with Crippen LogP contribution in [0.4, 0.5) is 0 Å². The first-order valence-corrected chi connectivity index (χ1v) is 6.58. The van der Waals surface area contributed by atoms with E-state index in [0.29, 0.717) is 5.75 Å². The van der Waals surface area contributed by atoms with Gasteiger partial charge in [0, 0.05) is 0 Å². The molecule has 0 spiro atoms. The molecule has 0 aliphatic carbocycles. The molecule has 1 atom stereocenters. The lowest BCUT2D eigenvalue weighted by molar-refractivity contribution is 0.414. The van der Waals surface area contributed by atoms with Gasteiger partial charge in [0.05, 0.1) is 23.8 Å². The molecule has 0 amide bonds. The van der Waals surface area contributed by atoms with Crippen molar-refractivity contribution in [1.82, 2.24) is 0 Å². The summed E-state index contributed by atoms with van der Waals surface area (Å²) in [7, 11) is -1.93. The van der Waals surface area contributed by atoms with Gasteiger partial charge >= 0.3 is 0 Å². The van der Waals surface area contributed by atoms with Gasteiger partial charge in [-0.05, 0) is 31.2 Å². The molecule has 6 heteroatoms. The van der Waals surface area contributed by atoms with Gasteiger partial charge in [0.15, 0.2) is 9.84 Å². The van der Waals surface area contributed by atoms with E-state index in [0.717, 1.165) is 0 Å². The third-order valence-electron chi connectivity index (χ3n) is 2.15. The second-order valence-electron chi connectivity index (χ2n) is 3.53. The van der Waals surface area contributed by atoms with Crippen LogP contribution >= 0.6 is 0 Å². The van der Waals surface area contributed by atoms with Crippen molar-refractivity contribution in [3.63, 3.8) is 0 Å². The minimum atomic E-state index is -3.43. The Balaban J connectivity index is 2.92. The molecule has 0 fully saturated rings. The highest BCUT2D eigenvalue weighted by atomic mass is 32.2. The minimum absolute atomic E-state index is 0.186. The summed E-state index contributed by atoms with van der Waals surface area (Å²) >= 11 is 0. The number of sulfone groups is 1. The molecule has 5 nitrogen and oxygen atoms in total. The number of benzene rings is 1. The number of ether oxygens (including phenoxy) is 1. The maximum atomic E-state index is 11.9. The molecule has 0 heterocycles. The highest BCUT2D eigenvalue weighted by molar-refractivity contribution is 7.91. The molecule has 0 saturated heterocycles. The minimum Gasteiger partial charge on any atom is -0.497 e. The van der Waals surface area contributed by atoms with Crippen LogP contribution < -0.4 is 4.74 Å². The summed E-state index contributed by atoms with van der Waals surface area (Å²) in [6, 6.07) is 5.47. The average molecular weight is 255 g/mol. The zero-order chi connectivity index (χ0) is 12.9. The Morgan fingerprint density at radius 3 is 2.41 bits per heavy atom. The lowest BCUT2D eigenvalue weighted by Crippen LogP contribution is -2.16. The van der Waals surface area contributed by atoms with Gasteiger partial charge in [-0.1, -0.05) is 0 Å². The molecular formula is C11H13NO4S. The van der Waals surface area contributed by atoms with Gasteiger partial charge in [0.2, 0.25) is 6.08 Å². The van der Waals surface area contributed by atoms with Crippen molar-refractivity contribution >= 4 is 15.9 Å². The molecule has 92 valence electrons. The first-order valence-electron chi connectivity index (χ1n) is 4.93. The van der Waals surface area contributed by atoms with E-state index in [4.69, 9.17) is 4.74 Å². The van der Waals surface area contributed by atoms with Crippen LogP contribution in [0.25, 0.3) is 0 Å². The number of aliphatic imine (C=N–C) groups is 1. The molecule has 1 rings (SSSR count). The SMILES string of the molecule is COc1ccc(S(=O)(=O)CC(C)N=C=O)cc1. The Labute approximate surface area is 100 Å².